The molecule has 2 heterocycles. The standard InChI is InChI=1S/C10H8N2O2/c1-7-4-8(6-11-5-7)12-9(13)2-3-10(12)14/h2-6H,1H3. The first-order chi connectivity index (χ1) is 6.68. The van der Waals surface area contributed by atoms with Gasteiger partial charge in [0.25, 0.3) is 11.8 Å². The van der Waals surface area contributed by atoms with Crippen molar-refractivity contribution in [2.45, 2.75) is 6.92 Å². The van der Waals surface area contributed by atoms with Crippen molar-refractivity contribution < 1.29 is 9.59 Å². The molecule has 0 aliphatic carbocycles. The molecule has 0 N–H and O–H groups in total. The van der Waals surface area contributed by atoms with Crippen molar-refractivity contribution in [2.75, 3.05) is 4.90 Å². The van der Waals surface area contributed by atoms with Gasteiger partial charge in [-0.3, -0.25) is 14.6 Å². The smallest absolute Gasteiger partial charge is 0.258 e. The second-order valence-electron chi connectivity index (χ2n) is 3.07. The number of hydrogen-bond donors (Lipinski definition) is 0. The van der Waals surface area contributed by atoms with Gasteiger partial charge in [0.1, 0.15) is 0 Å². The van der Waals surface area contributed by atoms with Crippen molar-refractivity contribution in [3.8, 4) is 0 Å². The number of pyridine rings is 1. The highest BCUT2D eigenvalue weighted by Crippen LogP contribution is 2.18. The van der Waals surface area contributed by atoms with Gasteiger partial charge in [-0.25, -0.2) is 4.90 Å². The normalized spacial score (nSPS) is 15.4. The van der Waals surface area contributed by atoms with E-state index in [0.29, 0.717) is 5.69 Å². The third-order valence-corrected chi connectivity index (χ3v) is 1.93. The van der Waals surface area contributed by atoms with E-state index in [1.54, 1.807) is 12.3 Å². The van der Waals surface area contributed by atoms with Crippen molar-refractivity contribution >= 4 is 17.5 Å². The van der Waals surface area contributed by atoms with Crippen LogP contribution in [0.5, 0.6) is 0 Å². The molecule has 0 saturated carbocycles. The number of carbonyl (C=O) groups is 2. The monoisotopic (exact) mass is 188 g/mol. The van der Waals surface area contributed by atoms with Crippen LogP contribution in [0.1, 0.15) is 5.56 Å². The van der Waals surface area contributed by atoms with Gasteiger partial charge < -0.3 is 0 Å². The van der Waals surface area contributed by atoms with Gasteiger partial charge >= 0.3 is 0 Å². The van der Waals surface area contributed by atoms with Crippen LogP contribution in [0.15, 0.2) is 30.6 Å². The Kier molecular flexibility index (Phi) is 1.89. The van der Waals surface area contributed by atoms with Crippen molar-refractivity contribution in [1.82, 2.24) is 4.98 Å². The average Bonchev–Trinajstić information content (AvgIpc) is 2.46. The zero-order chi connectivity index (χ0) is 10.1. The lowest BCUT2D eigenvalue weighted by atomic mass is 10.3. The second-order valence-corrected chi connectivity index (χ2v) is 3.07. The van der Waals surface area contributed by atoms with E-state index in [1.807, 2.05) is 6.92 Å². The Labute approximate surface area is 80.9 Å². The summed E-state index contributed by atoms with van der Waals surface area (Å²) < 4.78 is 0. The Hall–Kier alpha value is -1.97. The maximum Gasteiger partial charge on any atom is 0.258 e. The first-order valence-corrected chi connectivity index (χ1v) is 4.16. The molecule has 0 spiro atoms. The van der Waals surface area contributed by atoms with E-state index in [4.69, 9.17) is 0 Å². The number of aryl methyl sites for hydroxylation is 1. The van der Waals surface area contributed by atoms with Crippen molar-refractivity contribution in [2.24, 2.45) is 0 Å². The highest BCUT2D eigenvalue weighted by Gasteiger charge is 2.25. The Morgan fingerprint density at radius 3 is 2.36 bits per heavy atom. The Bertz CT molecular complexity index is 420. The molecule has 1 aromatic heterocycles. The lowest BCUT2D eigenvalue weighted by molar-refractivity contribution is -0.119. The van der Waals surface area contributed by atoms with E-state index in [0.717, 1.165) is 10.5 Å². The molecular formula is C10H8N2O2. The molecule has 0 fully saturated rings. The summed E-state index contributed by atoms with van der Waals surface area (Å²) in [5, 5.41) is 0. The SMILES string of the molecule is Cc1cncc(N2C(=O)C=CC2=O)c1. The summed E-state index contributed by atoms with van der Waals surface area (Å²) in [6, 6.07) is 1.75. The number of imide groups is 1. The maximum absolute atomic E-state index is 11.3. The molecule has 70 valence electrons. The first-order valence-electron chi connectivity index (χ1n) is 4.16. The quantitative estimate of drug-likeness (QED) is 0.613. The number of aromatic nitrogens is 1. The summed E-state index contributed by atoms with van der Waals surface area (Å²) in [4.78, 5) is 27.6. The summed E-state index contributed by atoms with van der Waals surface area (Å²) in [5.41, 5.74) is 1.43. The van der Waals surface area contributed by atoms with Gasteiger partial charge in [-0.05, 0) is 18.6 Å². The summed E-state index contributed by atoms with van der Waals surface area (Å²) in [6.45, 7) is 1.86. The van der Waals surface area contributed by atoms with Gasteiger partial charge in [-0.1, -0.05) is 0 Å². The molecule has 4 nitrogen and oxygen atoms in total. The summed E-state index contributed by atoms with van der Waals surface area (Å²) in [6.07, 6.45) is 5.67. The van der Waals surface area contributed by atoms with E-state index in [2.05, 4.69) is 4.98 Å². The topological polar surface area (TPSA) is 50.3 Å². The largest absolute Gasteiger partial charge is 0.269 e. The number of nitrogens with zero attached hydrogens (tertiary/aromatic N) is 2. The van der Waals surface area contributed by atoms with Crippen LogP contribution in [-0.2, 0) is 9.59 Å². The number of rotatable bonds is 1. The highest BCUT2D eigenvalue weighted by atomic mass is 16.2. The zero-order valence-corrected chi connectivity index (χ0v) is 7.60. The summed E-state index contributed by atoms with van der Waals surface area (Å²) in [5.74, 6) is -0.634. The number of carbonyl (C=O) groups excluding carboxylic acids is 2. The summed E-state index contributed by atoms with van der Waals surface area (Å²) >= 11 is 0. The average molecular weight is 188 g/mol. The number of hydrogen-bond acceptors (Lipinski definition) is 3. The fourth-order valence-electron chi connectivity index (χ4n) is 1.32. The van der Waals surface area contributed by atoms with Crippen LogP contribution in [-0.4, -0.2) is 16.8 Å². The molecular weight excluding hydrogens is 180 g/mol. The van der Waals surface area contributed by atoms with Crippen LogP contribution in [0, 0.1) is 6.92 Å². The molecule has 4 heteroatoms. The summed E-state index contributed by atoms with van der Waals surface area (Å²) in [7, 11) is 0. The molecule has 1 aromatic rings. The molecule has 2 rings (SSSR count). The fourth-order valence-corrected chi connectivity index (χ4v) is 1.32. The third-order valence-electron chi connectivity index (χ3n) is 1.93. The van der Waals surface area contributed by atoms with Crippen LogP contribution in [0.25, 0.3) is 0 Å². The molecule has 1 aliphatic rings. The molecule has 2 amide bonds. The van der Waals surface area contributed by atoms with Crippen LogP contribution in [0.4, 0.5) is 5.69 Å². The van der Waals surface area contributed by atoms with Gasteiger partial charge in [0.05, 0.1) is 11.9 Å². The maximum atomic E-state index is 11.3. The van der Waals surface area contributed by atoms with E-state index in [9.17, 15) is 9.59 Å². The predicted octanol–water partition coefficient (Wildman–Crippen LogP) is 0.819. The minimum atomic E-state index is -0.317. The number of anilines is 1. The minimum absolute atomic E-state index is 0.317. The lowest BCUT2D eigenvalue weighted by Crippen LogP contribution is -2.29. The van der Waals surface area contributed by atoms with Crippen LogP contribution in [0.3, 0.4) is 0 Å². The molecule has 0 bridgehead atoms. The van der Waals surface area contributed by atoms with Crippen molar-refractivity contribution in [3.05, 3.63) is 36.2 Å². The van der Waals surface area contributed by atoms with Gasteiger partial charge in [0, 0.05) is 18.3 Å². The highest BCUT2D eigenvalue weighted by molar-refractivity contribution is 6.28. The molecule has 0 unspecified atom stereocenters. The molecule has 1 aliphatic heterocycles. The Morgan fingerprint density at radius 2 is 1.79 bits per heavy atom. The fraction of sp³-hybridized carbons (Fsp3) is 0.100. The first kappa shape index (κ1) is 8.62. The Balaban J connectivity index is 2.41. The van der Waals surface area contributed by atoms with Gasteiger partial charge in [0.15, 0.2) is 0 Å². The van der Waals surface area contributed by atoms with Gasteiger partial charge in [-0.2, -0.15) is 0 Å². The van der Waals surface area contributed by atoms with Gasteiger partial charge in [-0.15, -0.1) is 0 Å². The van der Waals surface area contributed by atoms with Crippen molar-refractivity contribution in [1.29, 1.82) is 0 Å². The molecule has 14 heavy (non-hydrogen) atoms. The van der Waals surface area contributed by atoms with E-state index in [1.165, 1.54) is 18.3 Å². The van der Waals surface area contributed by atoms with E-state index >= 15 is 0 Å². The third kappa shape index (κ3) is 1.31. The molecule has 0 radical (unpaired) electrons. The predicted molar refractivity (Wildman–Crippen MR) is 50.6 cm³/mol. The van der Waals surface area contributed by atoms with Gasteiger partial charge in [0.2, 0.25) is 0 Å². The van der Waals surface area contributed by atoms with Crippen LogP contribution >= 0.6 is 0 Å². The zero-order valence-electron chi connectivity index (χ0n) is 7.60. The van der Waals surface area contributed by atoms with Crippen LogP contribution < -0.4 is 4.90 Å². The lowest BCUT2D eigenvalue weighted by Gasteiger charge is -2.13. The van der Waals surface area contributed by atoms with Crippen LogP contribution in [0.2, 0.25) is 0 Å². The Morgan fingerprint density at radius 1 is 1.14 bits per heavy atom. The van der Waals surface area contributed by atoms with Crippen molar-refractivity contribution in [3.63, 3.8) is 0 Å². The molecule has 0 aromatic carbocycles. The number of amides is 2. The van der Waals surface area contributed by atoms with E-state index < -0.39 is 0 Å². The second kappa shape index (κ2) is 3.06. The molecule has 0 atom stereocenters. The molecule has 0 saturated heterocycles. The minimum Gasteiger partial charge on any atom is -0.269 e. The van der Waals surface area contributed by atoms with E-state index in [-0.39, 0.29) is 11.8 Å².